The number of rotatable bonds is 13. The molecular formula is C14H27N5O5. The molecule has 0 radical (unpaired) electrons. The lowest BCUT2D eigenvalue weighted by molar-refractivity contribution is -0.142. The largest absolute Gasteiger partial charge is 0.480 e. The Hall–Kier alpha value is -2.20. The summed E-state index contributed by atoms with van der Waals surface area (Å²) in [6.45, 7) is 1.86. The van der Waals surface area contributed by atoms with Gasteiger partial charge in [0.15, 0.2) is 0 Å². The van der Waals surface area contributed by atoms with Crippen molar-refractivity contribution in [3.8, 4) is 0 Å². The van der Waals surface area contributed by atoms with Gasteiger partial charge >= 0.3 is 5.97 Å². The summed E-state index contributed by atoms with van der Waals surface area (Å²) >= 11 is 0. The Kier molecular flexibility index (Phi) is 9.39. The predicted molar refractivity (Wildman–Crippen MR) is 86.5 cm³/mol. The first-order valence-electron chi connectivity index (χ1n) is 8.22. The molecule has 10 nitrogen and oxygen atoms in total. The minimum absolute atomic E-state index is 0.0766. The molecule has 0 spiro atoms. The van der Waals surface area contributed by atoms with Crippen molar-refractivity contribution in [1.82, 2.24) is 10.6 Å². The van der Waals surface area contributed by atoms with Crippen molar-refractivity contribution in [2.75, 3.05) is 6.54 Å². The standard InChI is InChI=1S/C14H27N5O5/c1-8(16)13(22)19-9(12(17)21)5-6-11(20)18-10(14(23)24)4-2-3-7-15/h8-10H,2-7,15-16H2,1H3,(H2,17,21)(H,18,20)(H,19,22)(H,23,24)/t8-,9-,10-/m0/s1/i/hD. The van der Waals surface area contributed by atoms with Gasteiger partial charge in [-0.15, -0.1) is 0 Å². The van der Waals surface area contributed by atoms with Gasteiger partial charge in [0.1, 0.15) is 13.5 Å². The van der Waals surface area contributed by atoms with Crippen LogP contribution in [0.15, 0.2) is 0 Å². The lowest BCUT2D eigenvalue weighted by Crippen LogP contribution is -2.50. The van der Waals surface area contributed by atoms with Gasteiger partial charge in [0.25, 0.3) is 0 Å². The molecule has 24 heavy (non-hydrogen) atoms. The summed E-state index contributed by atoms with van der Waals surface area (Å²) < 4.78 is 6.89. The summed E-state index contributed by atoms with van der Waals surface area (Å²) in [6.07, 6.45) is 1.20. The summed E-state index contributed by atoms with van der Waals surface area (Å²) in [5.74, 6) is -3.15. The van der Waals surface area contributed by atoms with E-state index >= 15 is 0 Å². The van der Waals surface area contributed by atoms with Crippen molar-refractivity contribution in [3.63, 3.8) is 0 Å². The zero-order valence-electron chi connectivity index (χ0n) is 14.7. The predicted octanol–water partition coefficient (Wildman–Crippen LogP) is -2.22. The third-order valence-corrected chi connectivity index (χ3v) is 3.29. The maximum Gasteiger partial charge on any atom is 0.326 e. The second-order valence-corrected chi connectivity index (χ2v) is 5.47. The maximum absolute atomic E-state index is 11.9. The highest BCUT2D eigenvalue weighted by molar-refractivity contribution is 5.89. The first-order valence-corrected chi connectivity index (χ1v) is 7.72. The van der Waals surface area contributed by atoms with Gasteiger partial charge in [0, 0.05) is 6.42 Å². The first-order chi connectivity index (χ1) is 11.7. The molecule has 0 aliphatic heterocycles. The van der Waals surface area contributed by atoms with E-state index in [1.54, 1.807) is 0 Å². The fourth-order valence-corrected chi connectivity index (χ4v) is 1.87. The number of unbranched alkanes of at least 4 members (excludes halogenated alkanes) is 1. The minimum Gasteiger partial charge on any atom is -0.480 e. The smallest absolute Gasteiger partial charge is 0.326 e. The molecule has 0 saturated carbocycles. The Labute approximate surface area is 142 Å². The van der Waals surface area contributed by atoms with E-state index in [0.717, 1.165) is 0 Å². The number of nitrogens with two attached hydrogens (primary N) is 3. The number of carboxylic acid groups (broad SMARTS) is 1. The van der Waals surface area contributed by atoms with Crippen LogP contribution in [0.3, 0.4) is 0 Å². The highest BCUT2D eigenvalue weighted by atomic mass is 16.4. The van der Waals surface area contributed by atoms with E-state index in [9.17, 15) is 19.2 Å². The van der Waals surface area contributed by atoms with E-state index in [-0.39, 0.29) is 19.3 Å². The fourth-order valence-electron chi connectivity index (χ4n) is 1.87. The molecule has 10 heteroatoms. The zero-order valence-corrected chi connectivity index (χ0v) is 13.7. The number of primary amides is 1. The van der Waals surface area contributed by atoms with Gasteiger partial charge in [-0.25, -0.2) is 4.79 Å². The molecular weight excluding hydrogens is 318 g/mol. The van der Waals surface area contributed by atoms with Crippen molar-refractivity contribution in [2.24, 2.45) is 17.2 Å². The Morgan fingerprint density at radius 2 is 1.79 bits per heavy atom. The Balaban J connectivity index is 4.51. The van der Waals surface area contributed by atoms with Crippen LogP contribution >= 0.6 is 0 Å². The molecule has 0 aromatic heterocycles. The summed E-state index contributed by atoms with van der Waals surface area (Å²) in [7, 11) is 0. The number of hydrogen-bond donors (Lipinski definition) is 6. The van der Waals surface area contributed by atoms with Crippen LogP contribution in [0.25, 0.3) is 0 Å². The summed E-state index contributed by atoms with van der Waals surface area (Å²) in [5, 5.41) is 13.8. The number of hydrogen-bond acceptors (Lipinski definition) is 6. The first kappa shape index (κ1) is 19.8. The molecule has 0 unspecified atom stereocenters. The van der Waals surface area contributed by atoms with E-state index < -0.39 is 41.8 Å². The number of carboxylic acids is 1. The molecule has 0 rings (SSSR count). The second-order valence-electron chi connectivity index (χ2n) is 5.47. The second kappa shape index (κ2) is 11.4. The van der Waals surface area contributed by atoms with Crippen molar-refractivity contribution in [2.45, 2.75) is 57.2 Å². The average molecular weight is 346 g/mol. The van der Waals surface area contributed by atoms with Crippen LogP contribution in [0.4, 0.5) is 0 Å². The highest BCUT2D eigenvalue weighted by Crippen LogP contribution is 2.03. The van der Waals surface area contributed by atoms with Gasteiger partial charge in [-0.1, -0.05) is 0 Å². The normalized spacial score (nSPS) is 14.8. The number of amides is 3. The van der Waals surface area contributed by atoms with Crippen LogP contribution < -0.4 is 27.8 Å². The number of carbonyl (C=O) groups excluding carboxylic acids is 3. The van der Waals surface area contributed by atoms with Crippen LogP contribution in [0.2, 0.25) is 1.41 Å². The minimum atomic E-state index is -1.15. The monoisotopic (exact) mass is 346 g/mol. The van der Waals surface area contributed by atoms with Gasteiger partial charge in [-0.2, -0.15) is 0 Å². The third-order valence-electron chi connectivity index (χ3n) is 3.29. The lowest BCUT2D eigenvalue weighted by atomic mass is 10.1. The van der Waals surface area contributed by atoms with E-state index in [4.69, 9.17) is 18.0 Å². The molecule has 0 aliphatic carbocycles. The molecule has 9 N–H and O–H groups in total. The Bertz CT molecular complexity index is 477. The van der Waals surface area contributed by atoms with Crippen LogP contribution in [-0.4, -0.2) is 53.5 Å². The molecule has 0 aromatic carbocycles. The summed E-state index contributed by atoms with van der Waals surface area (Å²) in [5.41, 5.74) is 12.5. The quantitative estimate of drug-likeness (QED) is 0.203. The van der Waals surface area contributed by atoms with Crippen molar-refractivity contribution >= 4 is 23.7 Å². The highest BCUT2D eigenvalue weighted by Gasteiger charge is 2.23. The number of aliphatic carboxylic acids is 1. The third kappa shape index (κ3) is 9.06. The molecule has 0 aliphatic rings. The molecule has 0 heterocycles. The Morgan fingerprint density at radius 1 is 1.12 bits per heavy atom. The lowest BCUT2D eigenvalue weighted by Gasteiger charge is -2.18. The van der Waals surface area contributed by atoms with Crippen LogP contribution in [-0.2, 0) is 19.2 Å². The van der Waals surface area contributed by atoms with E-state index in [2.05, 4.69) is 10.6 Å². The van der Waals surface area contributed by atoms with E-state index in [1.165, 1.54) is 6.92 Å². The van der Waals surface area contributed by atoms with Crippen LogP contribution in [0.1, 0.15) is 39.0 Å². The molecule has 3 amide bonds. The summed E-state index contributed by atoms with van der Waals surface area (Å²) in [4.78, 5) is 46.0. The van der Waals surface area contributed by atoms with Crippen LogP contribution in [0, 0.1) is 0 Å². The Morgan fingerprint density at radius 3 is 2.29 bits per heavy atom. The average Bonchev–Trinajstić information content (AvgIpc) is 2.56. The van der Waals surface area contributed by atoms with Crippen molar-refractivity contribution in [1.29, 1.82) is 0 Å². The van der Waals surface area contributed by atoms with E-state index in [0.29, 0.717) is 19.4 Å². The van der Waals surface area contributed by atoms with E-state index in [1.807, 2.05) is 5.73 Å². The number of nitrogens with one attached hydrogen (secondary N) is 2. The molecule has 138 valence electrons. The fraction of sp³-hybridized carbons (Fsp3) is 0.714. The topological polar surface area (TPSA) is 191 Å². The van der Waals surface area contributed by atoms with Gasteiger partial charge in [0.05, 0.1) is 6.04 Å². The number of carbonyl (C=O) groups is 4. The molecule has 3 atom stereocenters. The molecule has 0 saturated heterocycles. The zero-order chi connectivity index (χ0) is 19.4. The molecule has 0 fully saturated rings. The van der Waals surface area contributed by atoms with Gasteiger partial charge < -0.3 is 32.9 Å². The molecule has 0 aromatic rings. The molecule has 0 bridgehead atoms. The van der Waals surface area contributed by atoms with Crippen molar-refractivity contribution < 1.29 is 25.7 Å². The van der Waals surface area contributed by atoms with Gasteiger partial charge in [-0.05, 0) is 39.2 Å². The van der Waals surface area contributed by atoms with Gasteiger partial charge in [-0.3, -0.25) is 14.4 Å². The summed E-state index contributed by atoms with van der Waals surface area (Å²) in [6, 6.07) is -2.97. The SMILES string of the molecule is [2H]N[C@@H](C)C(=O)N[C@@H](CCC(=O)N[C@@H](CCCCN)C(=O)O)C(N)=O. The maximum atomic E-state index is 11.9. The van der Waals surface area contributed by atoms with Gasteiger partial charge in [0.2, 0.25) is 17.7 Å². The van der Waals surface area contributed by atoms with Crippen LogP contribution in [0.5, 0.6) is 0 Å². The van der Waals surface area contributed by atoms with Crippen molar-refractivity contribution in [3.05, 3.63) is 0 Å².